The number of aromatic nitrogens is 2. The molecule has 2 rings (SSSR count). The summed E-state index contributed by atoms with van der Waals surface area (Å²) in [5, 5.41) is 3.79. The zero-order valence-electron chi connectivity index (χ0n) is 10.7. The van der Waals surface area contributed by atoms with E-state index in [9.17, 15) is 4.79 Å². The fourth-order valence-electron chi connectivity index (χ4n) is 1.56. The van der Waals surface area contributed by atoms with E-state index in [2.05, 4.69) is 21.5 Å². The molecule has 2 aromatic rings. The van der Waals surface area contributed by atoms with Crippen molar-refractivity contribution < 1.29 is 4.79 Å². The summed E-state index contributed by atoms with van der Waals surface area (Å²) in [6.45, 7) is 2.26. The van der Waals surface area contributed by atoms with Gasteiger partial charge in [0.1, 0.15) is 0 Å². The molecule has 1 aromatic carbocycles. The molecule has 1 N–H and O–H groups in total. The Bertz CT molecular complexity index is 545. The monoisotopic (exact) mass is 316 g/mol. The third-order valence-corrected chi connectivity index (χ3v) is 4.78. The molecule has 19 heavy (non-hydrogen) atoms. The molecule has 1 radical (unpaired) electrons. The first-order valence-electron chi connectivity index (χ1n) is 6.04. The van der Waals surface area contributed by atoms with Gasteiger partial charge in [-0.3, -0.25) is 0 Å². The molecule has 1 aromatic heterocycles. The summed E-state index contributed by atoms with van der Waals surface area (Å²) in [6.07, 6.45) is 2.91. The van der Waals surface area contributed by atoms with Crippen LogP contribution in [0.4, 0.5) is 0 Å². The predicted octanol–water partition coefficient (Wildman–Crippen LogP) is 0.560. The van der Waals surface area contributed by atoms with Gasteiger partial charge in [0.25, 0.3) is 0 Å². The Kier molecular flexibility index (Phi) is 5.10. The van der Waals surface area contributed by atoms with Gasteiger partial charge in [0, 0.05) is 0 Å². The van der Waals surface area contributed by atoms with Crippen LogP contribution in [-0.2, 0) is 4.79 Å². The van der Waals surface area contributed by atoms with Crippen LogP contribution in [0.3, 0.4) is 0 Å². The number of benzene rings is 1. The molecule has 0 saturated carbocycles. The number of nitrogens with one attached hydrogen (secondary N) is 1. The van der Waals surface area contributed by atoms with Crippen molar-refractivity contribution in [2.75, 3.05) is 6.54 Å². The minimum absolute atomic E-state index is 0.0193. The molecular weight excluding hydrogens is 301 g/mol. The maximum absolute atomic E-state index is 10.8. The van der Waals surface area contributed by atoms with Crippen molar-refractivity contribution in [3.05, 3.63) is 42.6 Å². The molecular formula is C14H15AsN3O. The molecule has 0 saturated heterocycles. The molecule has 1 amide bonds. The zero-order chi connectivity index (χ0) is 13.5. The van der Waals surface area contributed by atoms with Gasteiger partial charge in [-0.2, -0.15) is 0 Å². The summed E-state index contributed by atoms with van der Waals surface area (Å²) in [4.78, 5) is 19.5. The van der Waals surface area contributed by atoms with E-state index < -0.39 is 0 Å². The van der Waals surface area contributed by atoms with Gasteiger partial charge in [0.2, 0.25) is 0 Å². The molecule has 1 heterocycles. The van der Waals surface area contributed by atoms with Crippen LogP contribution < -0.4 is 9.80 Å². The summed E-state index contributed by atoms with van der Waals surface area (Å²) in [6, 6.07) is 11.7. The topological polar surface area (TPSA) is 54.9 Å². The van der Waals surface area contributed by atoms with E-state index in [0.717, 1.165) is 27.6 Å². The van der Waals surface area contributed by atoms with E-state index in [4.69, 9.17) is 0 Å². The number of carbonyl (C=O) groups is 1. The number of amides is 1. The second-order valence-corrected chi connectivity index (χ2v) is 6.85. The maximum atomic E-state index is 10.8. The second-order valence-electron chi connectivity index (χ2n) is 3.98. The van der Waals surface area contributed by atoms with Crippen molar-refractivity contribution in [1.82, 2.24) is 15.3 Å². The molecule has 4 nitrogen and oxygen atoms in total. The summed E-state index contributed by atoms with van der Waals surface area (Å²) in [7, 11) is 0. The summed E-state index contributed by atoms with van der Waals surface area (Å²) in [5.41, 5.74) is 1.01. The summed E-state index contributed by atoms with van der Waals surface area (Å²) >= 11 is -0.349. The Hall–Kier alpha value is -1.67. The Morgan fingerprint density at radius 1 is 1.37 bits per heavy atom. The van der Waals surface area contributed by atoms with E-state index in [1.165, 1.54) is 6.92 Å². The SMILES string of the molecule is CC(=O)NCC[AsH]c1c[c]nc(-c2ccccc2)n1. The number of nitrogens with zero attached hydrogens (tertiary/aromatic N) is 2. The summed E-state index contributed by atoms with van der Waals surface area (Å²) in [5.74, 6) is 0.743. The van der Waals surface area contributed by atoms with E-state index >= 15 is 0 Å². The van der Waals surface area contributed by atoms with E-state index in [1.807, 2.05) is 36.4 Å². The molecule has 0 bridgehead atoms. The van der Waals surface area contributed by atoms with Gasteiger partial charge in [-0.1, -0.05) is 0 Å². The molecule has 0 fully saturated rings. The average molecular weight is 316 g/mol. The van der Waals surface area contributed by atoms with Crippen LogP contribution in [-0.4, -0.2) is 38.2 Å². The van der Waals surface area contributed by atoms with E-state index in [-0.39, 0.29) is 21.7 Å². The van der Waals surface area contributed by atoms with Crippen LogP contribution in [0.25, 0.3) is 11.4 Å². The molecule has 1 atom stereocenters. The average Bonchev–Trinajstić information content (AvgIpc) is 2.45. The van der Waals surface area contributed by atoms with E-state index in [1.54, 1.807) is 0 Å². The predicted molar refractivity (Wildman–Crippen MR) is 76.6 cm³/mol. The van der Waals surface area contributed by atoms with Crippen molar-refractivity contribution in [2.24, 2.45) is 0 Å². The molecule has 0 aliphatic carbocycles. The molecule has 0 aliphatic heterocycles. The van der Waals surface area contributed by atoms with Gasteiger partial charge in [-0.05, 0) is 0 Å². The standard InChI is InChI=1S/C14H15AsN3O/c1-11(19)16-10-8-15-13-7-9-17-14(18-13)12-5-3-2-4-6-12/h2-7,15H,8,10H2,1H3,(H,16,19). The van der Waals surface area contributed by atoms with Gasteiger partial charge < -0.3 is 0 Å². The van der Waals surface area contributed by atoms with Crippen molar-refractivity contribution in [3.8, 4) is 11.4 Å². The van der Waals surface area contributed by atoms with Crippen molar-refractivity contribution in [3.63, 3.8) is 0 Å². The zero-order valence-corrected chi connectivity index (χ0v) is 12.8. The number of rotatable bonds is 5. The third kappa shape index (κ3) is 4.49. The Morgan fingerprint density at radius 2 is 2.16 bits per heavy atom. The van der Waals surface area contributed by atoms with Crippen LogP contribution >= 0.6 is 0 Å². The van der Waals surface area contributed by atoms with Crippen LogP contribution in [0.15, 0.2) is 36.4 Å². The van der Waals surface area contributed by atoms with Gasteiger partial charge in [-0.25, -0.2) is 0 Å². The van der Waals surface area contributed by atoms with Crippen molar-refractivity contribution >= 4 is 26.1 Å². The van der Waals surface area contributed by atoms with Gasteiger partial charge in [0.05, 0.1) is 0 Å². The Labute approximate surface area is 119 Å². The first-order chi connectivity index (χ1) is 9.25. The Balaban J connectivity index is 1.98. The number of hydrogen-bond acceptors (Lipinski definition) is 3. The number of carbonyl (C=O) groups excluding carboxylic acids is 1. The third-order valence-electron chi connectivity index (χ3n) is 2.44. The van der Waals surface area contributed by atoms with Crippen molar-refractivity contribution in [2.45, 2.75) is 12.1 Å². The first kappa shape index (κ1) is 13.8. The number of hydrogen-bond donors (Lipinski definition) is 1. The minimum atomic E-state index is -0.349. The van der Waals surface area contributed by atoms with Gasteiger partial charge in [0.15, 0.2) is 0 Å². The normalized spacial score (nSPS) is 10.8. The fourth-order valence-corrected chi connectivity index (χ4v) is 3.36. The second kappa shape index (κ2) is 7.05. The summed E-state index contributed by atoms with van der Waals surface area (Å²) < 4.78 is 1.07. The molecule has 0 spiro atoms. The van der Waals surface area contributed by atoms with Crippen LogP contribution in [0.5, 0.6) is 0 Å². The molecule has 5 heteroatoms. The van der Waals surface area contributed by atoms with Crippen LogP contribution in [0, 0.1) is 6.20 Å². The van der Waals surface area contributed by atoms with E-state index in [0.29, 0.717) is 0 Å². The molecule has 0 aliphatic rings. The quantitative estimate of drug-likeness (QED) is 0.648. The van der Waals surface area contributed by atoms with Crippen LogP contribution in [0.1, 0.15) is 6.92 Å². The molecule has 97 valence electrons. The Morgan fingerprint density at radius 3 is 2.89 bits per heavy atom. The van der Waals surface area contributed by atoms with Crippen LogP contribution in [0.2, 0.25) is 5.21 Å². The first-order valence-corrected chi connectivity index (χ1v) is 8.58. The van der Waals surface area contributed by atoms with Crippen molar-refractivity contribution in [1.29, 1.82) is 0 Å². The molecule has 1 unspecified atom stereocenters. The van der Waals surface area contributed by atoms with Gasteiger partial charge >= 0.3 is 119 Å². The fraction of sp³-hybridized carbons (Fsp3) is 0.214. The van der Waals surface area contributed by atoms with Gasteiger partial charge in [-0.15, -0.1) is 0 Å².